The molecule has 0 aliphatic rings. The van der Waals surface area contributed by atoms with Crippen LogP contribution in [0.5, 0.6) is 11.6 Å². The molecule has 0 fully saturated rings. The molecule has 3 rings (SSSR count). The van der Waals surface area contributed by atoms with E-state index in [2.05, 4.69) is 23.0 Å². The van der Waals surface area contributed by atoms with Gasteiger partial charge in [-0.1, -0.05) is 12.1 Å². The number of para-hydroxylation sites is 1. The second-order valence-corrected chi connectivity index (χ2v) is 5.95. The van der Waals surface area contributed by atoms with Crippen LogP contribution in [0.2, 0.25) is 0 Å². The number of hydrogen-bond donors (Lipinski definition) is 0. The maximum Gasteiger partial charge on any atom is 0.231 e. The Morgan fingerprint density at radius 3 is 2.67 bits per heavy atom. The molecule has 0 saturated heterocycles. The molecule has 0 unspecified atom stereocenters. The molecular weight excluding hydrogens is 282 g/mol. The number of aryl methyl sites for hydroxylation is 3. The quantitative estimate of drug-likeness (QED) is 0.708. The van der Waals surface area contributed by atoms with Crippen LogP contribution in [-0.4, -0.2) is 9.97 Å². The van der Waals surface area contributed by atoms with Crippen LogP contribution in [0.4, 0.5) is 0 Å². The van der Waals surface area contributed by atoms with Crippen LogP contribution in [0.15, 0.2) is 24.3 Å². The molecule has 104 valence electrons. The van der Waals surface area contributed by atoms with E-state index in [-0.39, 0.29) is 0 Å². The van der Waals surface area contributed by atoms with Crippen molar-refractivity contribution < 1.29 is 4.74 Å². The highest BCUT2D eigenvalue weighted by molar-refractivity contribution is 7.18. The molecule has 0 radical (unpaired) electrons. The monoisotopic (exact) mass is 295 g/mol. The number of fused-ring (bicyclic) bond motifs is 1. The molecule has 1 aromatic carbocycles. The molecule has 2 heterocycles. The lowest BCUT2D eigenvalue weighted by Gasteiger charge is -2.08. The van der Waals surface area contributed by atoms with Crippen molar-refractivity contribution in [2.75, 3.05) is 0 Å². The van der Waals surface area contributed by atoms with Gasteiger partial charge in [-0.3, -0.25) is 0 Å². The third kappa shape index (κ3) is 2.34. The van der Waals surface area contributed by atoms with Gasteiger partial charge in [0.2, 0.25) is 5.88 Å². The molecule has 0 aliphatic heterocycles. The first-order valence-corrected chi connectivity index (χ1v) is 7.33. The zero-order valence-corrected chi connectivity index (χ0v) is 12.8. The first-order valence-electron chi connectivity index (χ1n) is 6.51. The Labute approximate surface area is 126 Å². The molecule has 0 atom stereocenters. The van der Waals surface area contributed by atoms with Crippen molar-refractivity contribution in [2.45, 2.75) is 20.8 Å². The fourth-order valence-corrected chi connectivity index (χ4v) is 3.21. The maximum atomic E-state index is 9.16. The Morgan fingerprint density at radius 2 is 1.90 bits per heavy atom. The lowest BCUT2D eigenvalue weighted by atomic mass is 10.2. The Balaban J connectivity index is 2.19. The second kappa shape index (κ2) is 5.15. The van der Waals surface area contributed by atoms with E-state index in [4.69, 9.17) is 10.00 Å². The topological polar surface area (TPSA) is 58.8 Å². The summed E-state index contributed by atoms with van der Waals surface area (Å²) < 4.78 is 5.92. The summed E-state index contributed by atoms with van der Waals surface area (Å²) in [5, 5.41) is 10.1. The van der Waals surface area contributed by atoms with Crippen molar-refractivity contribution in [2.24, 2.45) is 0 Å². The van der Waals surface area contributed by atoms with Crippen molar-refractivity contribution in [3.8, 4) is 17.7 Å². The van der Waals surface area contributed by atoms with Gasteiger partial charge >= 0.3 is 0 Å². The largest absolute Gasteiger partial charge is 0.437 e. The van der Waals surface area contributed by atoms with E-state index in [1.54, 1.807) is 23.5 Å². The van der Waals surface area contributed by atoms with Crippen LogP contribution < -0.4 is 4.74 Å². The van der Waals surface area contributed by atoms with Crippen LogP contribution >= 0.6 is 11.3 Å². The van der Waals surface area contributed by atoms with Gasteiger partial charge in [-0.15, -0.1) is 11.3 Å². The van der Waals surface area contributed by atoms with E-state index < -0.39 is 0 Å². The first kappa shape index (κ1) is 13.5. The predicted octanol–water partition coefficient (Wildman–Crippen LogP) is 4.28. The van der Waals surface area contributed by atoms with Crippen molar-refractivity contribution in [3.05, 3.63) is 46.1 Å². The molecular formula is C16H13N3OS. The minimum absolute atomic E-state index is 0.492. The Bertz CT molecular complexity index is 877. The molecule has 2 aromatic heterocycles. The third-order valence-electron chi connectivity index (χ3n) is 3.32. The average Bonchev–Trinajstić information content (AvgIpc) is 2.74. The van der Waals surface area contributed by atoms with Crippen LogP contribution in [0.1, 0.15) is 21.8 Å². The van der Waals surface area contributed by atoms with Crippen LogP contribution in [-0.2, 0) is 0 Å². The summed E-state index contributed by atoms with van der Waals surface area (Å²) in [4.78, 5) is 11.0. The lowest BCUT2D eigenvalue weighted by molar-refractivity contribution is 0.465. The van der Waals surface area contributed by atoms with E-state index in [1.165, 1.54) is 4.88 Å². The van der Waals surface area contributed by atoms with Gasteiger partial charge in [0.25, 0.3) is 0 Å². The normalized spacial score (nSPS) is 10.6. The lowest BCUT2D eigenvalue weighted by Crippen LogP contribution is -1.95. The van der Waals surface area contributed by atoms with E-state index >= 15 is 0 Å². The molecule has 0 saturated carbocycles. The number of benzene rings is 1. The summed E-state index contributed by atoms with van der Waals surface area (Å²) >= 11 is 1.63. The van der Waals surface area contributed by atoms with Crippen molar-refractivity contribution in [3.63, 3.8) is 0 Å². The number of hydrogen-bond acceptors (Lipinski definition) is 5. The van der Waals surface area contributed by atoms with Crippen molar-refractivity contribution in [1.29, 1.82) is 5.26 Å². The summed E-state index contributed by atoms with van der Waals surface area (Å²) in [6.07, 6.45) is 0. The number of nitriles is 1. The molecule has 0 N–H and O–H groups in total. The number of nitrogens with zero attached hydrogens (tertiary/aromatic N) is 3. The first-order chi connectivity index (χ1) is 10.1. The summed E-state index contributed by atoms with van der Waals surface area (Å²) in [5.74, 6) is 1.69. The molecule has 0 spiro atoms. The zero-order chi connectivity index (χ0) is 15.0. The summed E-state index contributed by atoms with van der Waals surface area (Å²) in [6, 6.07) is 9.29. The summed E-state index contributed by atoms with van der Waals surface area (Å²) in [6.45, 7) is 5.94. The number of aromatic nitrogens is 2. The van der Waals surface area contributed by atoms with Crippen molar-refractivity contribution in [1.82, 2.24) is 9.97 Å². The third-order valence-corrected chi connectivity index (χ3v) is 4.42. The molecule has 0 amide bonds. The van der Waals surface area contributed by atoms with Crippen LogP contribution in [0, 0.1) is 32.1 Å². The molecule has 21 heavy (non-hydrogen) atoms. The molecule has 0 aliphatic carbocycles. The van der Waals surface area contributed by atoms with E-state index in [9.17, 15) is 0 Å². The van der Waals surface area contributed by atoms with Gasteiger partial charge in [0.05, 0.1) is 10.9 Å². The maximum absolute atomic E-state index is 9.16. The fourth-order valence-electron chi connectivity index (χ4n) is 2.14. The number of thiophene rings is 1. The van der Waals surface area contributed by atoms with Gasteiger partial charge < -0.3 is 4.74 Å². The SMILES string of the molecule is Cc1nc(Oc2ccccc2C#N)c2c(C)c(C)sc2n1. The van der Waals surface area contributed by atoms with E-state index in [0.29, 0.717) is 23.0 Å². The fraction of sp³-hybridized carbons (Fsp3) is 0.188. The van der Waals surface area contributed by atoms with Gasteiger partial charge in [-0.2, -0.15) is 10.2 Å². The van der Waals surface area contributed by atoms with Gasteiger partial charge in [0.15, 0.2) is 0 Å². The highest BCUT2D eigenvalue weighted by Gasteiger charge is 2.16. The van der Waals surface area contributed by atoms with Crippen LogP contribution in [0.3, 0.4) is 0 Å². The molecule has 4 nitrogen and oxygen atoms in total. The second-order valence-electron chi connectivity index (χ2n) is 4.75. The van der Waals surface area contributed by atoms with Gasteiger partial charge in [-0.05, 0) is 38.5 Å². The standard InChI is InChI=1S/C16H13N3OS/c1-9-10(2)21-16-14(9)15(18-11(3)19-16)20-13-7-5-4-6-12(13)8-17/h4-7H,1-3H3. The molecule has 3 aromatic rings. The molecule has 5 heteroatoms. The molecule has 0 bridgehead atoms. The zero-order valence-electron chi connectivity index (χ0n) is 12.0. The smallest absolute Gasteiger partial charge is 0.231 e. The Kier molecular flexibility index (Phi) is 3.32. The minimum atomic E-state index is 0.492. The Hall–Kier alpha value is -2.45. The van der Waals surface area contributed by atoms with Crippen LogP contribution in [0.25, 0.3) is 10.2 Å². The summed E-state index contributed by atoms with van der Waals surface area (Å²) in [7, 11) is 0. The number of rotatable bonds is 2. The number of ether oxygens (including phenoxy) is 1. The van der Waals surface area contributed by atoms with Gasteiger partial charge in [-0.25, -0.2) is 4.98 Å². The predicted molar refractivity (Wildman–Crippen MR) is 82.9 cm³/mol. The highest BCUT2D eigenvalue weighted by atomic mass is 32.1. The van der Waals surface area contributed by atoms with Gasteiger partial charge in [0.1, 0.15) is 22.5 Å². The van der Waals surface area contributed by atoms with E-state index in [0.717, 1.165) is 15.8 Å². The van der Waals surface area contributed by atoms with Gasteiger partial charge in [0, 0.05) is 4.88 Å². The highest BCUT2D eigenvalue weighted by Crippen LogP contribution is 2.36. The summed E-state index contributed by atoms with van der Waals surface area (Å²) in [5.41, 5.74) is 1.62. The average molecular weight is 295 g/mol. The van der Waals surface area contributed by atoms with E-state index in [1.807, 2.05) is 26.0 Å². The van der Waals surface area contributed by atoms with Crippen molar-refractivity contribution >= 4 is 21.6 Å². The Morgan fingerprint density at radius 1 is 1.14 bits per heavy atom. The minimum Gasteiger partial charge on any atom is -0.437 e.